The largest absolute Gasteiger partial charge is 0.498 e. The molecule has 0 aromatic carbocycles. The van der Waals surface area contributed by atoms with E-state index < -0.39 is 34.9 Å². The van der Waals surface area contributed by atoms with E-state index in [1.165, 1.54) is 11.0 Å². The van der Waals surface area contributed by atoms with Crippen molar-refractivity contribution in [3.8, 4) is 0 Å². The molecular weight excluding hydrogens is 451 g/mol. The van der Waals surface area contributed by atoms with Crippen molar-refractivity contribution in [3.63, 3.8) is 0 Å². The van der Waals surface area contributed by atoms with E-state index in [2.05, 4.69) is 6.58 Å². The Hall–Kier alpha value is -2.92. The van der Waals surface area contributed by atoms with Gasteiger partial charge in [-0.25, -0.2) is 4.79 Å². The molecule has 0 saturated carbocycles. The van der Waals surface area contributed by atoms with E-state index >= 15 is 0 Å². The Labute approximate surface area is 207 Å². The van der Waals surface area contributed by atoms with Crippen LogP contribution in [0.2, 0.25) is 0 Å². The molecule has 0 atom stereocenters. The van der Waals surface area contributed by atoms with E-state index in [4.69, 9.17) is 19.1 Å². The minimum Gasteiger partial charge on any atom is -0.444 e. The zero-order valence-electron chi connectivity index (χ0n) is 22.2. The summed E-state index contributed by atoms with van der Waals surface area (Å²) in [6.45, 7) is 19.3. The number of likely N-dealkylation sites (N-methyl/N-ethyl adjacent to an activating group) is 1. The third-order valence-electron chi connectivity index (χ3n) is 5.94. The van der Waals surface area contributed by atoms with Crippen LogP contribution in [0.15, 0.2) is 36.7 Å². The lowest BCUT2D eigenvalue weighted by Crippen LogP contribution is -2.41. The predicted molar refractivity (Wildman–Crippen MR) is 136 cm³/mol. The van der Waals surface area contributed by atoms with Crippen LogP contribution < -0.4 is 5.46 Å². The summed E-state index contributed by atoms with van der Waals surface area (Å²) in [5.41, 5.74) is -0.0300. The van der Waals surface area contributed by atoms with Gasteiger partial charge in [-0.3, -0.25) is 14.8 Å². The zero-order valence-corrected chi connectivity index (χ0v) is 22.2. The Morgan fingerprint density at radius 3 is 2.34 bits per heavy atom. The maximum atomic E-state index is 12.3. The molecular formula is C24H37BN4O6. The molecule has 1 saturated heterocycles. The summed E-state index contributed by atoms with van der Waals surface area (Å²) in [7, 11) is 0.978. The highest BCUT2D eigenvalue weighted by Gasteiger charge is 2.52. The van der Waals surface area contributed by atoms with Crippen molar-refractivity contribution in [2.75, 3.05) is 13.6 Å². The van der Waals surface area contributed by atoms with Crippen molar-refractivity contribution in [1.82, 2.24) is 14.7 Å². The zero-order chi connectivity index (χ0) is 26.8. The summed E-state index contributed by atoms with van der Waals surface area (Å²) in [4.78, 5) is 24.2. The van der Waals surface area contributed by atoms with Gasteiger partial charge in [0.05, 0.1) is 28.4 Å². The molecule has 1 aliphatic heterocycles. The van der Waals surface area contributed by atoms with Crippen LogP contribution in [-0.2, 0) is 20.6 Å². The number of hydrogen-bond acceptors (Lipinski definition) is 7. The van der Waals surface area contributed by atoms with Gasteiger partial charge in [0.1, 0.15) is 5.60 Å². The van der Waals surface area contributed by atoms with E-state index in [1.807, 2.05) is 61.6 Å². The van der Waals surface area contributed by atoms with Gasteiger partial charge < -0.3 is 18.9 Å². The maximum Gasteiger partial charge on any atom is 0.498 e. The SMILES string of the molecule is C=C(C=CC(=CC)c1nn(CCN(C)C(=O)OC(C)(C)C)cc1B1OC(C)(C)C(C)(C)O1)[N+](=O)[O-]. The van der Waals surface area contributed by atoms with E-state index in [9.17, 15) is 14.9 Å². The van der Waals surface area contributed by atoms with Crippen LogP contribution in [0.5, 0.6) is 0 Å². The Kier molecular flexibility index (Phi) is 8.39. The predicted octanol–water partition coefficient (Wildman–Crippen LogP) is 3.80. The molecule has 1 amide bonds. The van der Waals surface area contributed by atoms with Gasteiger partial charge >= 0.3 is 13.2 Å². The number of ether oxygens (including phenoxy) is 1. The molecule has 0 radical (unpaired) electrons. The van der Waals surface area contributed by atoms with Crippen LogP contribution in [0, 0.1) is 10.1 Å². The number of nitro groups is 1. The Morgan fingerprint density at radius 2 is 1.86 bits per heavy atom. The van der Waals surface area contributed by atoms with Gasteiger partial charge in [0.2, 0.25) is 0 Å². The smallest absolute Gasteiger partial charge is 0.444 e. The van der Waals surface area contributed by atoms with Crippen molar-refractivity contribution < 1.29 is 23.8 Å². The molecule has 11 heteroatoms. The van der Waals surface area contributed by atoms with Crippen molar-refractivity contribution in [2.24, 2.45) is 0 Å². The first kappa shape index (κ1) is 28.3. The van der Waals surface area contributed by atoms with E-state index in [0.717, 1.165) is 0 Å². The van der Waals surface area contributed by atoms with Gasteiger partial charge in [-0.1, -0.05) is 6.08 Å². The number of hydrogen-bond donors (Lipinski definition) is 0. The van der Waals surface area contributed by atoms with Gasteiger partial charge in [-0.05, 0) is 73.6 Å². The summed E-state index contributed by atoms with van der Waals surface area (Å²) in [6, 6.07) is 0. The first-order chi connectivity index (χ1) is 16.0. The molecule has 1 aliphatic rings. The summed E-state index contributed by atoms with van der Waals surface area (Å²) in [5, 5.41) is 15.7. The second kappa shape index (κ2) is 10.4. The normalized spacial score (nSPS) is 17.6. The van der Waals surface area contributed by atoms with Crippen LogP contribution in [0.25, 0.3) is 5.57 Å². The molecule has 192 valence electrons. The minimum atomic E-state index is -0.686. The number of carbonyl (C=O) groups excluding carboxylic acids is 1. The standard InChI is InChI=1S/C24H37BN4O6/c1-11-18(13-12-17(2)29(31)32)20-19(25-34-23(6,7)24(8,9)35-25)16-28(26-20)15-14-27(10)21(30)33-22(3,4)5/h11-13,16H,2,14-15H2,1,3-10H3. The fourth-order valence-electron chi connectivity index (χ4n) is 3.16. The van der Waals surface area contributed by atoms with Crippen LogP contribution in [0.1, 0.15) is 61.1 Å². The number of carbonyl (C=O) groups is 1. The van der Waals surface area contributed by atoms with Crippen LogP contribution in [0.3, 0.4) is 0 Å². The second-order valence-corrected chi connectivity index (χ2v) is 10.5. The molecule has 1 aromatic heterocycles. The van der Waals surface area contributed by atoms with E-state index in [-0.39, 0.29) is 5.70 Å². The number of rotatable bonds is 8. The Morgan fingerprint density at radius 1 is 1.29 bits per heavy atom. The summed E-state index contributed by atoms with van der Waals surface area (Å²) < 4.78 is 19.6. The van der Waals surface area contributed by atoms with Gasteiger partial charge in [0.25, 0.3) is 5.70 Å². The Balaban J connectivity index is 2.36. The average molecular weight is 488 g/mol. The van der Waals surface area contributed by atoms with Crippen molar-refractivity contribution in [1.29, 1.82) is 0 Å². The molecule has 0 bridgehead atoms. The monoisotopic (exact) mass is 488 g/mol. The number of allylic oxidation sites excluding steroid dienone is 4. The molecule has 0 N–H and O–H groups in total. The third-order valence-corrected chi connectivity index (χ3v) is 5.94. The van der Waals surface area contributed by atoms with E-state index in [0.29, 0.717) is 29.8 Å². The molecule has 1 fully saturated rings. The van der Waals surface area contributed by atoms with Crippen molar-refractivity contribution in [3.05, 3.63) is 52.5 Å². The van der Waals surface area contributed by atoms with Crippen molar-refractivity contribution >= 4 is 24.2 Å². The van der Waals surface area contributed by atoms with Gasteiger partial charge in [-0.2, -0.15) is 5.10 Å². The number of amides is 1. The molecule has 2 rings (SSSR count). The quantitative estimate of drug-likeness (QED) is 0.237. The van der Waals surface area contributed by atoms with Gasteiger partial charge in [0.15, 0.2) is 0 Å². The lowest BCUT2D eigenvalue weighted by Gasteiger charge is -2.32. The Bertz CT molecular complexity index is 1020. The van der Waals surface area contributed by atoms with Gasteiger partial charge in [0, 0.05) is 31.3 Å². The first-order valence-corrected chi connectivity index (χ1v) is 11.5. The minimum absolute atomic E-state index is 0.236. The lowest BCUT2D eigenvalue weighted by atomic mass is 9.78. The summed E-state index contributed by atoms with van der Waals surface area (Å²) >= 11 is 0. The van der Waals surface area contributed by atoms with Crippen molar-refractivity contribution in [2.45, 2.75) is 78.7 Å². The number of nitrogens with zero attached hydrogens (tertiary/aromatic N) is 4. The molecule has 1 aromatic rings. The first-order valence-electron chi connectivity index (χ1n) is 11.5. The molecule has 35 heavy (non-hydrogen) atoms. The van der Waals surface area contributed by atoms with Gasteiger partial charge in [-0.15, -0.1) is 0 Å². The number of aromatic nitrogens is 2. The van der Waals surface area contributed by atoms with E-state index in [1.54, 1.807) is 23.9 Å². The lowest BCUT2D eigenvalue weighted by molar-refractivity contribution is -0.418. The van der Waals surface area contributed by atoms with Crippen LogP contribution in [-0.4, -0.2) is 63.2 Å². The van der Waals surface area contributed by atoms with Crippen LogP contribution in [0.4, 0.5) is 4.79 Å². The highest BCUT2D eigenvalue weighted by molar-refractivity contribution is 6.63. The fraction of sp³-hybridized carbons (Fsp3) is 0.583. The summed E-state index contributed by atoms with van der Waals surface area (Å²) in [6.07, 6.45) is 6.13. The molecule has 0 aliphatic carbocycles. The second-order valence-electron chi connectivity index (χ2n) is 10.5. The third kappa shape index (κ3) is 7.05. The average Bonchev–Trinajstić information content (AvgIpc) is 3.22. The highest BCUT2D eigenvalue weighted by Crippen LogP contribution is 2.37. The molecule has 10 nitrogen and oxygen atoms in total. The van der Waals surface area contributed by atoms with Crippen LogP contribution >= 0.6 is 0 Å². The fourth-order valence-corrected chi connectivity index (χ4v) is 3.16. The maximum absolute atomic E-state index is 12.3. The summed E-state index contributed by atoms with van der Waals surface area (Å²) in [5.74, 6) is 0. The molecule has 0 unspecified atom stereocenters. The molecule has 0 spiro atoms. The topological polar surface area (TPSA) is 109 Å². The molecule has 2 heterocycles. The highest BCUT2D eigenvalue weighted by atomic mass is 16.7.